The van der Waals surface area contributed by atoms with Crippen molar-refractivity contribution in [3.8, 4) is 23.0 Å². The highest BCUT2D eigenvalue weighted by Crippen LogP contribution is 2.45. The summed E-state index contributed by atoms with van der Waals surface area (Å²) in [6, 6.07) is 56.3. The number of rotatable bonds is 8. The van der Waals surface area contributed by atoms with Gasteiger partial charge in [0.25, 0.3) is 0 Å². The molecule has 0 atom stereocenters. The highest BCUT2D eigenvalue weighted by atomic mass is 16.6. The third-order valence-electron chi connectivity index (χ3n) is 13.7. The largest absolute Gasteiger partial charge is 0.486 e. The van der Waals surface area contributed by atoms with E-state index >= 15 is 0 Å². The van der Waals surface area contributed by atoms with E-state index in [-0.39, 0.29) is 0 Å². The highest BCUT2D eigenvalue weighted by molar-refractivity contribution is 6.18. The molecular formula is C60H48N2O6. The van der Waals surface area contributed by atoms with E-state index in [0.29, 0.717) is 38.3 Å². The molecule has 4 heterocycles. The molecule has 0 saturated carbocycles. The predicted molar refractivity (Wildman–Crippen MR) is 276 cm³/mol. The number of fused-ring (bicyclic) bond motifs is 10. The minimum absolute atomic E-state index is 0.435. The number of ether oxygens (including phenoxy) is 4. The van der Waals surface area contributed by atoms with Gasteiger partial charge >= 0.3 is 0 Å². The van der Waals surface area contributed by atoms with Gasteiger partial charge in [-0.1, -0.05) is 64.1 Å². The van der Waals surface area contributed by atoms with Gasteiger partial charge in [-0.2, -0.15) is 0 Å². The molecule has 0 radical (unpaired) electrons. The van der Waals surface area contributed by atoms with Crippen LogP contribution >= 0.6 is 0 Å². The molecule has 0 bridgehead atoms. The second-order valence-electron chi connectivity index (χ2n) is 18.6. The second-order valence-corrected chi connectivity index (χ2v) is 18.6. The molecule has 0 aliphatic carbocycles. The summed E-state index contributed by atoms with van der Waals surface area (Å²) in [7, 11) is 0. The van der Waals surface area contributed by atoms with E-state index in [4.69, 9.17) is 27.8 Å². The molecule has 68 heavy (non-hydrogen) atoms. The summed E-state index contributed by atoms with van der Waals surface area (Å²) < 4.78 is 37.3. The van der Waals surface area contributed by atoms with Gasteiger partial charge in [-0.25, -0.2) is 0 Å². The third kappa shape index (κ3) is 6.81. The summed E-state index contributed by atoms with van der Waals surface area (Å²) in [5, 5.41) is 8.53. The van der Waals surface area contributed by atoms with Gasteiger partial charge in [-0.05, 0) is 154 Å². The van der Waals surface area contributed by atoms with Gasteiger partial charge in [-0.15, -0.1) is 0 Å². The molecule has 0 N–H and O–H groups in total. The molecule has 0 amide bonds. The minimum atomic E-state index is 0.435. The standard InChI is InChI=1S/C60H48N2O6/c1-35(2)37-5-11-43(12-6-37)61(47-17-19-53-59(31-47)65-23-21-63-53)45-15-9-39-27-49-51-33-58-52(34-57(51)67-55(49)29-41(39)25-45)50-28-40-10-16-46(26-42(40)30-56(50)68-58)62(44-13-7-38(8-14-44)36(3)4)48-18-20-54-60(32-48)66-24-22-64-54/h5-20,25-36H,21-24H2,1-4H3. The van der Waals surface area contributed by atoms with E-state index in [2.05, 4.69) is 183 Å². The summed E-state index contributed by atoms with van der Waals surface area (Å²) >= 11 is 0. The van der Waals surface area contributed by atoms with Crippen molar-refractivity contribution in [3.05, 3.63) is 169 Å². The van der Waals surface area contributed by atoms with Gasteiger partial charge in [0.15, 0.2) is 23.0 Å². The van der Waals surface area contributed by atoms with Crippen LogP contribution in [0.2, 0.25) is 0 Å². The molecule has 11 aromatic rings. The minimum Gasteiger partial charge on any atom is -0.486 e. The maximum atomic E-state index is 6.72. The van der Waals surface area contributed by atoms with Crippen molar-refractivity contribution in [3.63, 3.8) is 0 Å². The molecule has 8 nitrogen and oxygen atoms in total. The molecule has 2 aliphatic rings. The molecule has 0 fully saturated rings. The number of nitrogens with zero attached hydrogens (tertiary/aromatic N) is 2. The van der Waals surface area contributed by atoms with Crippen molar-refractivity contribution >= 4 is 99.5 Å². The van der Waals surface area contributed by atoms with Gasteiger partial charge in [-0.3, -0.25) is 0 Å². The van der Waals surface area contributed by atoms with Crippen LogP contribution in [-0.4, -0.2) is 26.4 Å². The van der Waals surface area contributed by atoms with Crippen LogP contribution in [0.15, 0.2) is 167 Å². The number of hydrogen-bond acceptors (Lipinski definition) is 8. The van der Waals surface area contributed by atoms with Crippen LogP contribution in [0.5, 0.6) is 23.0 Å². The zero-order valence-electron chi connectivity index (χ0n) is 38.3. The highest BCUT2D eigenvalue weighted by Gasteiger charge is 2.22. The van der Waals surface area contributed by atoms with E-state index in [9.17, 15) is 0 Å². The van der Waals surface area contributed by atoms with Crippen molar-refractivity contribution in [2.45, 2.75) is 39.5 Å². The molecule has 2 aromatic heterocycles. The number of furan rings is 2. The van der Waals surface area contributed by atoms with Crippen LogP contribution in [0.4, 0.5) is 34.1 Å². The summed E-state index contributed by atoms with van der Waals surface area (Å²) in [5.41, 5.74) is 12.0. The van der Waals surface area contributed by atoms with E-state index < -0.39 is 0 Å². The van der Waals surface area contributed by atoms with Crippen LogP contribution in [0, 0.1) is 0 Å². The molecule has 13 rings (SSSR count). The van der Waals surface area contributed by atoms with Crippen LogP contribution < -0.4 is 28.7 Å². The third-order valence-corrected chi connectivity index (χ3v) is 13.7. The topological polar surface area (TPSA) is 69.7 Å². The molecule has 9 aromatic carbocycles. The smallest absolute Gasteiger partial charge is 0.163 e. The Morgan fingerprint density at radius 2 is 0.647 bits per heavy atom. The zero-order valence-corrected chi connectivity index (χ0v) is 38.3. The molecule has 0 unspecified atom stereocenters. The van der Waals surface area contributed by atoms with E-state index in [1.54, 1.807) is 0 Å². The number of benzene rings is 9. The van der Waals surface area contributed by atoms with Gasteiger partial charge in [0.1, 0.15) is 48.8 Å². The van der Waals surface area contributed by atoms with E-state index in [0.717, 1.165) is 123 Å². The van der Waals surface area contributed by atoms with Crippen molar-refractivity contribution in [2.24, 2.45) is 0 Å². The Morgan fingerprint density at radius 1 is 0.309 bits per heavy atom. The van der Waals surface area contributed by atoms with Crippen LogP contribution in [0.25, 0.3) is 65.4 Å². The van der Waals surface area contributed by atoms with Crippen molar-refractivity contribution in [1.82, 2.24) is 0 Å². The Balaban J connectivity index is 0.880. The van der Waals surface area contributed by atoms with Gasteiger partial charge < -0.3 is 37.6 Å². The average molecular weight is 893 g/mol. The van der Waals surface area contributed by atoms with Crippen LogP contribution in [0.3, 0.4) is 0 Å². The maximum Gasteiger partial charge on any atom is 0.163 e. The molecule has 334 valence electrons. The molecular weight excluding hydrogens is 845 g/mol. The Morgan fingerprint density at radius 3 is 1.06 bits per heavy atom. The lowest BCUT2D eigenvalue weighted by Gasteiger charge is -2.28. The summed E-state index contributed by atoms with van der Waals surface area (Å²) in [6.45, 7) is 11.0. The fourth-order valence-corrected chi connectivity index (χ4v) is 10.0. The fourth-order valence-electron chi connectivity index (χ4n) is 10.0. The van der Waals surface area contributed by atoms with E-state index in [1.165, 1.54) is 11.1 Å². The van der Waals surface area contributed by atoms with Gasteiger partial charge in [0, 0.05) is 56.4 Å². The van der Waals surface area contributed by atoms with Crippen LogP contribution in [-0.2, 0) is 0 Å². The Kier molecular flexibility index (Phi) is 9.32. The van der Waals surface area contributed by atoms with E-state index in [1.807, 2.05) is 12.1 Å². The maximum absolute atomic E-state index is 6.72. The molecule has 0 saturated heterocycles. The van der Waals surface area contributed by atoms with Crippen molar-refractivity contribution in [1.29, 1.82) is 0 Å². The average Bonchev–Trinajstić information content (AvgIpc) is 3.89. The lowest BCUT2D eigenvalue weighted by Crippen LogP contribution is -2.16. The zero-order chi connectivity index (χ0) is 45.6. The quantitative estimate of drug-likeness (QED) is 0.149. The van der Waals surface area contributed by atoms with Crippen molar-refractivity contribution in [2.75, 3.05) is 36.2 Å². The lowest BCUT2D eigenvalue weighted by atomic mass is 10.0. The fraction of sp³-hybridized carbons (Fsp3) is 0.167. The SMILES string of the molecule is CC(C)c1ccc(N(c2ccc3c(c2)OCCO3)c2ccc3cc4c(cc3c2)oc2cc3c(cc24)oc2cc4cc(N(c5ccc(C(C)C)cc5)c5ccc6c(c5)OCCO6)ccc4cc23)cc1. The number of hydrogen-bond donors (Lipinski definition) is 0. The summed E-state index contributed by atoms with van der Waals surface area (Å²) in [5.74, 6) is 3.91. The molecule has 2 aliphatic heterocycles. The second kappa shape index (κ2) is 15.8. The van der Waals surface area contributed by atoms with Gasteiger partial charge in [0.05, 0.1) is 11.4 Å². The summed E-state index contributed by atoms with van der Waals surface area (Å²) in [6.07, 6.45) is 0. The molecule has 0 spiro atoms. The first kappa shape index (κ1) is 40.2. The molecule has 8 heteroatoms. The predicted octanol–water partition coefficient (Wildman–Crippen LogP) is 16.5. The van der Waals surface area contributed by atoms with Gasteiger partial charge in [0.2, 0.25) is 0 Å². The first-order valence-corrected chi connectivity index (χ1v) is 23.6. The van der Waals surface area contributed by atoms with Crippen LogP contribution in [0.1, 0.15) is 50.7 Å². The first-order valence-electron chi connectivity index (χ1n) is 23.6. The Labute approximate surface area is 393 Å². The Hall–Kier alpha value is -8.10. The first-order chi connectivity index (χ1) is 33.3. The Bertz CT molecular complexity index is 3520. The lowest BCUT2D eigenvalue weighted by molar-refractivity contribution is 0.171. The van der Waals surface area contributed by atoms with Crippen molar-refractivity contribution < 1.29 is 27.8 Å². The summed E-state index contributed by atoms with van der Waals surface area (Å²) in [4.78, 5) is 4.55. The normalized spacial score (nSPS) is 13.5. The number of anilines is 6. The monoisotopic (exact) mass is 892 g/mol.